The Bertz CT molecular complexity index is 881. The molecule has 196 valence electrons. The molecule has 2 amide bonds. The molecule has 3 N–H and O–H groups in total. The number of phenolic OH excluding ortho intramolecular Hbond substituents is 1. The van der Waals surface area contributed by atoms with Crippen molar-refractivity contribution in [1.82, 2.24) is 10.2 Å². The molecular weight excluding hydrogens is 488 g/mol. The van der Waals surface area contributed by atoms with E-state index in [1.165, 1.54) is 12.1 Å². The van der Waals surface area contributed by atoms with Gasteiger partial charge >= 0.3 is 0 Å². The molecule has 1 saturated carbocycles. The lowest BCUT2D eigenvalue weighted by Gasteiger charge is -2.55. The second-order valence-corrected chi connectivity index (χ2v) is 11.7. The van der Waals surface area contributed by atoms with E-state index in [-0.39, 0.29) is 40.8 Å². The third-order valence-corrected chi connectivity index (χ3v) is 8.17. The molecule has 2 aliphatic rings. The Kier molecular flexibility index (Phi) is 9.77. The molecule has 9 heteroatoms. The summed E-state index contributed by atoms with van der Waals surface area (Å²) >= 11 is 7.63. The number of benzene rings is 1. The number of ether oxygens (including phenoxy) is 1. The fraction of sp³-hybridized carbons (Fsp3) is 0.692. The van der Waals surface area contributed by atoms with Crippen LogP contribution in [0.4, 0.5) is 0 Å². The minimum absolute atomic E-state index is 0.0997. The summed E-state index contributed by atoms with van der Waals surface area (Å²) in [5.41, 5.74) is -1.24. The van der Waals surface area contributed by atoms with Crippen LogP contribution in [0.2, 0.25) is 5.02 Å². The summed E-state index contributed by atoms with van der Waals surface area (Å²) in [5, 5.41) is 23.9. The fourth-order valence-electron chi connectivity index (χ4n) is 5.19. The third kappa shape index (κ3) is 6.85. The van der Waals surface area contributed by atoms with E-state index in [9.17, 15) is 19.8 Å². The first-order valence-corrected chi connectivity index (χ1v) is 14.3. The average molecular weight is 527 g/mol. The van der Waals surface area contributed by atoms with Crippen molar-refractivity contribution >= 4 is 35.2 Å². The van der Waals surface area contributed by atoms with Crippen LogP contribution in [0.3, 0.4) is 0 Å². The van der Waals surface area contributed by atoms with Crippen molar-refractivity contribution in [1.29, 1.82) is 0 Å². The smallest absolute Gasteiger partial charge is 0.254 e. The Morgan fingerprint density at radius 3 is 2.60 bits per heavy atom. The van der Waals surface area contributed by atoms with Gasteiger partial charge in [-0.15, -0.1) is 0 Å². The summed E-state index contributed by atoms with van der Waals surface area (Å²) < 4.78 is 6.23. The van der Waals surface area contributed by atoms with Gasteiger partial charge in [-0.1, -0.05) is 18.0 Å². The summed E-state index contributed by atoms with van der Waals surface area (Å²) in [5.74, 6) is 0.0343. The molecule has 35 heavy (non-hydrogen) atoms. The van der Waals surface area contributed by atoms with Gasteiger partial charge in [0.05, 0.1) is 16.7 Å². The van der Waals surface area contributed by atoms with Crippen LogP contribution >= 0.6 is 23.4 Å². The number of nitrogens with zero attached hydrogens (tertiary/aromatic N) is 1. The van der Waals surface area contributed by atoms with Crippen molar-refractivity contribution in [3.05, 3.63) is 28.8 Å². The molecule has 0 radical (unpaired) electrons. The molecule has 3 rings (SSSR count). The predicted molar refractivity (Wildman–Crippen MR) is 140 cm³/mol. The van der Waals surface area contributed by atoms with E-state index < -0.39 is 17.1 Å². The predicted octanol–water partition coefficient (Wildman–Crippen LogP) is 4.24. The van der Waals surface area contributed by atoms with Crippen LogP contribution in [0.25, 0.3) is 0 Å². The van der Waals surface area contributed by atoms with Crippen LogP contribution in [0, 0.1) is 5.41 Å². The highest BCUT2D eigenvalue weighted by Gasteiger charge is 2.56. The number of carbonyl (C=O) groups excluding carboxylic acids is 2. The number of thioether (sulfide) groups is 1. The number of rotatable bonds is 11. The summed E-state index contributed by atoms with van der Waals surface area (Å²) in [4.78, 5) is 29.4. The molecule has 1 aromatic rings. The first-order chi connectivity index (χ1) is 16.6. The van der Waals surface area contributed by atoms with Crippen molar-refractivity contribution in [2.75, 3.05) is 31.7 Å². The summed E-state index contributed by atoms with van der Waals surface area (Å²) in [6.07, 6.45) is 7.67. The van der Waals surface area contributed by atoms with Gasteiger partial charge in [-0.2, -0.15) is 11.8 Å². The van der Waals surface area contributed by atoms with E-state index in [1.54, 1.807) is 36.6 Å². The quantitative estimate of drug-likeness (QED) is 0.373. The zero-order chi connectivity index (χ0) is 25.6. The molecule has 1 heterocycles. The van der Waals surface area contributed by atoms with Gasteiger partial charge < -0.3 is 25.2 Å². The molecule has 1 aliphatic heterocycles. The van der Waals surface area contributed by atoms with Crippen molar-refractivity contribution in [3.8, 4) is 5.75 Å². The van der Waals surface area contributed by atoms with Gasteiger partial charge in [0.1, 0.15) is 11.8 Å². The Morgan fingerprint density at radius 2 is 2.06 bits per heavy atom. The van der Waals surface area contributed by atoms with Crippen LogP contribution in [0.1, 0.15) is 69.2 Å². The maximum Gasteiger partial charge on any atom is 0.254 e. The lowest BCUT2D eigenvalue weighted by Crippen LogP contribution is -2.65. The highest BCUT2D eigenvalue weighted by atomic mass is 35.5. The van der Waals surface area contributed by atoms with Crippen LogP contribution in [0.5, 0.6) is 5.75 Å². The molecule has 0 bridgehead atoms. The molecule has 2 unspecified atom stereocenters. The van der Waals surface area contributed by atoms with Gasteiger partial charge in [0, 0.05) is 36.4 Å². The highest BCUT2D eigenvalue weighted by molar-refractivity contribution is 7.98. The number of halogens is 1. The van der Waals surface area contributed by atoms with Crippen LogP contribution in [-0.4, -0.2) is 76.4 Å². The fourth-order valence-corrected chi connectivity index (χ4v) is 5.61. The number of aliphatic hydroxyl groups is 1. The van der Waals surface area contributed by atoms with Crippen LogP contribution in [0.15, 0.2) is 18.2 Å². The molecule has 1 aromatic carbocycles. The van der Waals surface area contributed by atoms with Crippen LogP contribution in [-0.2, 0) is 9.53 Å². The molecule has 0 aromatic heterocycles. The number of hydrogen-bond donors (Lipinski definition) is 3. The van der Waals surface area contributed by atoms with E-state index in [0.717, 1.165) is 44.3 Å². The second kappa shape index (κ2) is 12.2. The van der Waals surface area contributed by atoms with Crippen molar-refractivity contribution in [3.63, 3.8) is 0 Å². The largest absolute Gasteiger partial charge is 0.506 e. The minimum Gasteiger partial charge on any atom is -0.506 e. The highest BCUT2D eigenvalue weighted by Crippen LogP contribution is 2.52. The number of carbonyl (C=O) groups is 2. The SMILES string of the molecule is CSCCNC(=O)C(N(CCC(C)(C)O)C(=O)c1ccc(Cl)c(O)c1)C1(C2CCCCO2)CCC1. The number of phenols is 1. The number of aromatic hydroxyl groups is 1. The normalized spacial score (nSPS) is 20.5. The van der Waals surface area contributed by atoms with Gasteiger partial charge in [0.25, 0.3) is 5.91 Å². The van der Waals surface area contributed by atoms with E-state index in [1.807, 2.05) is 6.26 Å². The average Bonchev–Trinajstić information content (AvgIpc) is 2.79. The van der Waals surface area contributed by atoms with Crippen molar-refractivity contribution in [2.45, 2.75) is 76.5 Å². The third-order valence-electron chi connectivity index (χ3n) is 7.23. The molecule has 2 atom stereocenters. The second-order valence-electron chi connectivity index (χ2n) is 10.4. The first kappa shape index (κ1) is 28.1. The standard InChI is InChI=1S/C26H39ClN2O5S/c1-25(2,33)12-14-29(24(32)18-8-9-19(27)20(30)17-18)22(23(31)28-13-16-35-3)26(10-6-11-26)21-7-4-5-15-34-21/h8-9,17,21-22,30,33H,4-7,10-16H2,1-3H3,(H,28,31). The van der Waals surface area contributed by atoms with E-state index in [0.29, 0.717) is 19.6 Å². The van der Waals surface area contributed by atoms with E-state index >= 15 is 0 Å². The summed E-state index contributed by atoms with van der Waals surface area (Å²) in [6.45, 7) is 4.76. The molecular formula is C26H39ClN2O5S. The van der Waals surface area contributed by atoms with E-state index in [2.05, 4.69) is 5.32 Å². The van der Waals surface area contributed by atoms with Crippen molar-refractivity contribution < 1.29 is 24.5 Å². The van der Waals surface area contributed by atoms with Crippen LogP contribution < -0.4 is 5.32 Å². The lowest BCUT2D eigenvalue weighted by molar-refractivity contribution is -0.158. The Balaban J connectivity index is 2.03. The Hall–Kier alpha value is -1.48. The maximum atomic E-state index is 13.9. The number of amides is 2. The minimum atomic E-state index is -1.02. The molecule has 7 nitrogen and oxygen atoms in total. The topological polar surface area (TPSA) is 99.1 Å². The summed E-state index contributed by atoms with van der Waals surface area (Å²) in [6, 6.07) is 3.65. The van der Waals surface area contributed by atoms with Gasteiger partial charge in [-0.3, -0.25) is 9.59 Å². The monoisotopic (exact) mass is 526 g/mol. The Morgan fingerprint density at radius 1 is 1.31 bits per heavy atom. The molecule has 1 saturated heterocycles. The number of nitrogens with one attached hydrogen (secondary N) is 1. The molecule has 2 fully saturated rings. The zero-order valence-electron chi connectivity index (χ0n) is 21.0. The van der Waals surface area contributed by atoms with Gasteiger partial charge in [-0.05, 0) is 76.8 Å². The lowest BCUT2D eigenvalue weighted by atomic mass is 9.58. The Labute approximate surface area is 217 Å². The van der Waals surface area contributed by atoms with E-state index in [4.69, 9.17) is 16.3 Å². The first-order valence-electron chi connectivity index (χ1n) is 12.5. The number of hydrogen-bond acceptors (Lipinski definition) is 6. The van der Waals surface area contributed by atoms with Gasteiger partial charge in [0.2, 0.25) is 5.91 Å². The maximum absolute atomic E-state index is 13.9. The van der Waals surface area contributed by atoms with Gasteiger partial charge in [-0.25, -0.2) is 0 Å². The van der Waals surface area contributed by atoms with Crippen molar-refractivity contribution in [2.24, 2.45) is 5.41 Å². The van der Waals surface area contributed by atoms with Gasteiger partial charge in [0.15, 0.2) is 0 Å². The summed E-state index contributed by atoms with van der Waals surface area (Å²) in [7, 11) is 0. The molecule has 1 aliphatic carbocycles. The molecule has 0 spiro atoms. The zero-order valence-corrected chi connectivity index (χ0v) is 22.6.